The maximum Gasteiger partial charge on any atom is 0.287 e. The molecule has 0 saturated heterocycles. The van der Waals surface area contributed by atoms with Crippen LogP contribution in [-0.2, 0) is 0 Å². The van der Waals surface area contributed by atoms with Crippen LogP contribution in [0.25, 0.3) is 5.52 Å². The molecule has 1 aliphatic rings. The molecule has 0 bridgehead atoms. The lowest BCUT2D eigenvalue weighted by atomic mass is 10.1. The molecule has 4 rings (SSSR count). The summed E-state index contributed by atoms with van der Waals surface area (Å²) in [5.74, 6) is -0.640. The van der Waals surface area contributed by atoms with E-state index in [9.17, 15) is 14.4 Å². The predicted molar refractivity (Wildman–Crippen MR) is 100 cm³/mol. The van der Waals surface area contributed by atoms with E-state index < -0.39 is 5.91 Å². The molecule has 0 atom stereocenters. The number of carbonyl (C=O) groups excluding carboxylic acids is 3. The average molecular weight is 362 g/mol. The Morgan fingerprint density at radius 2 is 1.89 bits per heavy atom. The van der Waals surface area contributed by atoms with Crippen molar-refractivity contribution in [3.05, 3.63) is 65.7 Å². The number of benzene rings is 1. The normalized spacial score (nSPS) is 13.4. The van der Waals surface area contributed by atoms with Gasteiger partial charge in [-0.15, -0.1) is 0 Å². The largest absolute Gasteiger partial charge is 0.347 e. The van der Waals surface area contributed by atoms with Crippen molar-refractivity contribution in [3.8, 4) is 0 Å². The van der Waals surface area contributed by atoms with Crippen LogP contribution in [0.15, 0.2) is 48.7 Å². The van der Waals surface area contributed by atoms with Crippen LogP contribution in [0.3, 0.4) is 0 Å². The quantitative estimate of drug-likeness (QED) is 0.683. The Balaban J connectivity index is 1.66. The number of anilines is 1. The standard InChI is InChI=1S/C20H18N4O3/c1-12(25)13-5-4-6-15(11-13)22-19(26)17-16-7-2-3-10-24(16)18(23-17)20(27)21-14-8-9-14/h2-7,10-11,14H,8-9H2,1H3,(H,21,27)(H,22,26). The third kappa shape index (κ3) is 3.44. The molecule has 0 aliphatic heterocycles. The van der Waals surface area contributed by atoms with Gasteiger partial charge in [0.2, 0.25) is 5.82 Å². The van der Waals surface area contributed by atoms with Crippen molar-refractivity contribution in [2.24, 2.45) is 0 Å². The van der Waals surface area contributed by atoms with Crippen molar-refractivity contribution in [1.29, 1.82) is 0 Å². The van der Waals surface area contributed by atoms with Crippen LogP contribution in [0, 0.1) is 0 Å². The molecule has 27 heavy (non-hydrogen) atoms. The number of carbonyl (C=O) groups is 3. The van der Waals surface area contributed by atoms with Crippen molar-refractivity contribution in [2.75, 3.05) is 5.32 Å². The van der Waals surface area contributed by atoms with Crippen LogP contribution in [0.1, 0.15) is 51.2 Å². The van der Waals surface area contributed by atoms with Gasteiger partial charge in [-0.05, 0) is 44.0 Å². The summed E-state index contributed by atoms with van der Waals surface area (Å²) in [7, 11) is 0. The van der Waals surface area contributed by atoms with E-state index in [2.05, 4.69) is 15.6 Å². The molecule has 7 nitrogen and oxygen atoms in total. The summed E-state index contributed by atoms with van der Waals surface area (Å²) in [4.78, 5) is 41.1. The number of hydrogen-bond donors (Lipinski definition) is 2. The van der Waals surface area contributed by atoms with Crippen LogP contribution in [0.2, 0.25) is 0 Å². The highest BCUT2D eigenvalue weighted by atomic mass is 16.2. The average Bonchev–Trinajstić information content (AvgIpc) is 3.38. The number of nitrogens with zero attached hydrogens (tertiary/aromatic N) is 2. The SMILES string of the molecule is CC(=O)c1cccc(NC(=O)c2nc(C(=O)NC3CC3)n3ccccc23)c1. The van der Waals surface area contributed by atoms with Gasteiger partial charge in [-0.3, -0.25) is 18.8 Å². The number of pyridine rings is 1. The number of aromatic nitrogens is 2. The smallest absolute Gasteiger partial charge is 0.287 e. The first-order valence-corrected chi connectivity index (χ1v) is 8.73. The van der Waals surface area contributed by atoms with E-state index in [4.69, 9.17) is 0 Å². The molecule has 2 N–H and O–H groups in total. The van der Waals surface area contributed by atoms with Crippen molar-refractivity contribution in [1.82, 2.24) is 14.7 Å². The van der Waals surface area contributed by atoms with Gasteiger partial charge in [0.25, 0.3) is 11.8 Å². The fourth-order valence-corrected chi connectivity index (χ4v) is 2.85. The molecule has 2 amide bonds. The lowest BCUT2D eigenvalue weighted by Gasteiger charge is -2.05. The number of fused-ring (bicyclic) bond motifs is 1. The number of nitrogens with one attached hydrogen (secondary N) is 2. The molecule has 1 fully saturated rings. The molecule has 1 aromatic carbocycles. The zero-order chi connectivity index (χ0) is 19.0. The van der Waals surface area contributed by atoms with Gasteiger partial charge in [-0.1, -0.05) is 18.2 Å². The van der Waals surface area contributed by atoms with E-state index in [0.29, 0.717) is 16.8 Å². The molecule has 1 aliphatic carbocycles. The third-order valence-corrected chi connectivity index (χ3v) is 4.41. The Kier molecular flexibility index (Phi) is 4.19. The molecule has 7 heteroatoms. The number of rotatable bonds is 5. The monoisotopic (exact) mass is 362 g/mol. The fraction of sp³-hybridized carbons (Fsp3) is 0.200. The summed E-state index contributed by atoms with van der Waals surface area (Å²) in [5.41, 5.74) is 1.70. The van der Waals surface area contributed by atoms with E-state index in [-0.39, 0.29) is 29.3 Å². The second-order valence-electron chi connectivity index (χ2n) is 6.58. The van der Waals surface area contributed by atoms with E-state index in [0.717, 1.165) is 12.8 Å². The Morgan fingerprint density at radius 3 is 2.63 bits per heavy atom. The maximum atomic E-state index is 12.8. The Bertz CT molecular complexity index is 1070. The number of ketones is 1. The molecule has 0 radical (unpaired) electrons. The lowest BCUT2D eigenvalue weighted by Crippen LogP contribution is -2.27. The van der Waals surface area contributed by atoms with Crippen LogP contribution >= 0.6 is 0 Å². The van der Waals surface area contributed by atoms with Crippen LogP contribution < -0.4 is 10.6 Å². The zero-order valence-electron chi connectivity index (χ0n) is 14.7. The number of imidazole rings is 1. The van der Waals surface area contributed by atoms with Gasteiger partial charge < -0.3 is 10.6 Å². The molecule has 0 spiro atoms. The minimum absolute atomic E-state index is 0.0856. The summed E-state index contributed by atoms with van der Waals surface area (Å²) < 4.78 is 1.61. The first-order chi connectivity index (χ1) is 13.0. The number of Topliss-reactive ketones (excluding diaryl/α,β-unsaturated/α-hetero) is 1. The molecule has 0 unspecified atom stereocenters. The highest BCUT2D eigenvalue weighted by Gasteiger charge is 2.27. The number of hydrogen-bond acceptors (Lipinski definition) is 4. The molecule has 136 valence electrons. The summed E-state index contributed by atoms with van der Waals surface area (Å²) >= 11 is 0. The first-order valence-electron chi connectivity index (χ1n) is 8.73. The lowest BCUT2D eigenvalue weighted by molar-refractivity contribution is 0.0939. The zero-order valence-corrected chi connectivity index (χ0v) is 14.7. The molecular formula is C20H18N4O3. The minimum Gasteiger partial charge on any atom is -0.347 e. The minimum atomic E-state index is -0.440. The molecule has 2 heterocycles. The maximum absolute atomic E-state index is 12.8. The van der Waals surface area contributed by atoms with E-state index >= 15 is 0 Å². The second-order valence-corrected chi connectivity index (χ2v) is 6.58. The van der Waals surface area contributed by atoms with Gasteiger partial charge in [-0.25, -0.2) is 4.98 Å². The van der Waals surface area contributed by atoms with Crippen molar-refractivity contribution in [3.63, 3.8) is 0 Å². The highest BCUT2D eigenvalue weighted by molar-refractivity contribution is 6.09. The summed E-state index contributed by atoms with van der Waals surface area (Å²) in [6, 6.07) is 12.2. The van der Waals surface area contributed by atoms with Gasteiger partial charge >= 0.3 is 0 Å². The van der Waals surface area contributed by atoms with Crippen LogP contribution in [-0.4, -0.2) is 33.0 Å². The molecular weight excluding hydrogens is 344 g/mol. The van der Waals surface area contributed by atoms with Gasteiger partial charge in [0, 0.05) is 23.5 Å². The van der Waals surface area contributed by atoms with Gasteiger partial charge in [0.05, 0.1) is 5.52 Å². The van der Waals surface area contributed by atoms with Gasteiger partial charge in [-0.2, -0.15) is 0 Å². The van der Waals surface area contributed by atoms with Crippen LogP contribution in [0.5, 0.6) is 0 Å². The van der Waals surface area contributed by atoms with Crippen molar-refractivity contribution >= 4 is 28.8 Å². The molecule has 2 aromatic heterocycles. The topological polar surface area (TPSA) is 92.6 Å². The Morgan fingerprint density at radius 1 is 1.07 bits per heavy atom. The summed E-state index contributed by atoms with van der Waals surface area (Å²) in [5, 5.41) is 5.65. The third-order valence-electron chi connectivity index (χ3n) is 4.41. The Hall–Kier alpha value is -3.48. The number of amides is 2. The van der Waals surface area contributed by atoms with Crippen molar-refractivity contribution < 1.29 is 14.4 Å². The van der Waals surface area contributed by atoms with Gasteiger partial charge in [0.15, 0.2) is 11.5 Å². The Labute approximate surface area is 155 Å². The second kappa shape index (κ2) is 6.68. The summed E-state index contributed by atoms with van der Waals surface area (Å²) in [6.07, 6.45) is 3.64. The van der Waals surface area contributed by atoms with E-state index in [1.54, 1.807) is 53.1 Å². The van der Waals surface area contributed by atoms with Crippen LogP contribution in [0.4, 0.5) is 5.69 Å². The first kappa shape index (κ1) is 17.0. The van der Waals surface area contributed by atoms with E-state index in [1.807, 2.05) is 0 Å². The predicted octanol–water partition coefficient (Wildman–Crippen LogP) is 2.68. The van der Waals surface area contributed by atoms with Crippen molar-refractivity contribution in [2.45, 2.75) is 25.8 Å². The highest BCUT2D eigenvalue weighted by Crippen LogP contribution is 2.21. The van der Waals surface area contributed by atoms with E-state index in [1.165, 1.54) is 6.92 Å². The molecule has 3 aromatic rings. The summed E-state index contributed by atoms with van der Waals surface area (Å²) in [6.45, 7) is 1.47. The van der Waals surface area contributed by atoms with Gasteiger partial charge in [0.1, 0.15) is 0 Å². The fourth-order valence-electron chi connectivity index (χ4n) is 2.85. The molecule has 1 saturated carbocycles.